The summed E-state index contributed by atoms with van der Waals surface area (Å²) in [4.78, 5) is 17.6. The van der Waals surface area contributed by atoms with Crippen LogP contribution >= 0.6 is 0 Å². The van der Waals surface area contributed by atoms with Crippen LogP contribution in [0.25, 0.3) is 0 Å². The van der Waals surface area contributed by atoms with Gasteiger partial charge in [0.2, 0.25) is 5.91 Å². The number of aromatic nitrogens is 1. The van der Waals surface area contributed by atoms with Crippen molar-refractivity contribution in [2.75, 3.05) is 23.8 Å². The Kier molecular flexibility index (Phi) is 1.71. The molecule has 2 aliphatic rings. The van der Waals surface area contributed by atoms with Crippen LogP contribution in [-0.4, -0.2) is 24.5 Å². The Bertz CT molecular complexity index is 426. The Morgan fingerprint density at radius 3 is 3.07 bits per heavy atom. The third-order valence-corrected chi connectivity index (χ3v) is 2.95. The van der Waals surface area contributed by atoms with Gasteiger partial charge < -0.3 is 10.2 Å². The zero-order chi connectivity index (χ0) is 10.4. The van der Waals surface area contributed by atoms with Gasteiger partial charge in [0.1, 0.15) is 0 Å². The highest BCUT2D eigenvalue weighted by molar-refractivity contribution is 6.00. The second-order valence-electron chi connectivity index (χ2n) is 4.32. The molecule has 1 aromatic rings. The van der Waals surface area contributed by atoms with Gasteiger partial charge in [0.05, 0.1) is 12.2 Å². The van der Waals surface area contributed by atoms with Gasteiger partial charge in [-0.1, -0.05) is 0 Å². The molecule has 2 heterocycles. The van der Waals surface area contributed by atoms with E-state index in [4.69, 9.17) is 0 Å². The Labute approximate surface area is 88.3 Å². The molecule has 0 aromatic carbocycles. The van der Waals surface area contributed by atoms with E-state index in [-0.39, 0.29) is 5.91 Å². The monoisotopic (exact) mass is 203 g/mol. The van der Waals surface area contributed by atoms with Gasteiger partial charge in [0.15, 0.2) is 5.82 Å². The lowest BCUT2D eigenvalue weighted by molar-refractivity contribution is -0.115. The number of rotatable bonds is 1. The van der Waals surface area contributed by atoms with Gasteiger partial charge in [-0.3, -0.25) is 4.79 Å². The summed E-state index contributed by atoms with van der Waals surface area (Å²) in [5, 5.41) is 2.87. The third-order valence-electron chi connectivity index (χ3n) is 2.95. The quantitative estimate of drug-likeness (QED) is 0.749. The van der Waals surface area contributed by atoms with E-state index in [1.165, 1.54) is 18.4 Å². The van der Waals surface area contributed by atoms with Crippen LogP contribution < -0.4 is 10.2 Å². The van der Waals surface area contributed by atoms with Crippen LogP contribution in [0, 0.1) is 0 Å². The lowest BCUT2D eigenvalue weighted by Gasteiger charge is -2.26. The van der Waals surface area contributed by atoms with E-state index in [9.17, 15) is 4.79 Å². The van der Waals surface area contributed by atoms with Crippen molar-refractivity contribution in [1.29, 1.82) is 0 Å². The highest BCUT2D eigenvalue weighted by Crippen LogP contribution is 2.41. The molecule has 1 N–H and O–H groups in total. The summed E-state index contributed by atoms with van der Waals surface area (Å²) >= 11 is 0. The van der Waals surface area contributed by atoms with Gasteiger partial charge in [-0.15, -0.1) is 0 Å². The maximum atomic E-state index is 11.4. The first-order valence-electron chi connectivity index (χ1n) is 5.25. The summed E-state index contributed by atoms with van der Waals surface area (Å²) in [6.45, 7) is 0.392. The molecule has 1 aliphatic heterocycles. The fraction of sp³-hybridized carbons (Fsp3) is 0.455. The van der Waals surface area contributed by atoms with Crippen LogP contribution in [0.3, 0.4) is 0 Å². The van der Waals surface area contributed by atoms with Crippen LogP contribution in [0.1, 0.15) is 24.3 Å². The van der Waals surface area contributed by atoms with Gasteiger partial charge >= 0.3 is 0 Å². The van der Waals surface area contributed by atoms with Gasteiger partial charge in [-0.05, 0) is 30.4 Å². The maximum absolute atomic E-state index is 11.4. The molecule has 0 spiro atoms. The second-order valence-corrected chi connectivity index (χ2v) is 4.32. The standard InChI is InChI=1S/C11H13N3O/c1-14-6-10(15)13-9-4-8(7-2-3-7)5-12-11(9)14/h4-5,7H,2-3,6H2,1H3,(H,13,15). The zero-order valence-electron chi connectivity index (χ0n) is 8.66. The Hall–Kier alpha value is -1.58. The highest BCUT2D eigenvalue weighted by atomic mass is 16.2. The molecule has 0 radical (unpaired) electrons. The molecule has 4 heteroatoms. The number of fused-ring (bicyclic) bond motifs is 1. The molecule has 3 rings (SSSR count). The molecule has 15 heavy (non-hydrogen) atoms. The summed E-state index contributed by atoms with van der Waals surface area (Å²) < 4.78 is 0. The smallest absolute Gasteiger partial charge is 0.244 e. The lowest BCUT2D eigenvalue weighted by atomic mass is 10.1. The summed E-state index contributed by atoms with van der Waals surface area (Å²) in [5.41, 5.74) is 2.11. The van der Waals surface area contributed by atoms with E-state index < -0.39 is 0 Å². The number of likely N-dealkylation sites (N-methyl/N-ethyl adjacent to an activating group) is 1. The largest absolute Gasteiger partial charge is 0.349 e. The minimum absolute atomic E-state index is 0.0414. The van der Waals surface area contributed by atoms with E-state index in [0.717, 1.165) is 11.5 Å². The summed E-state index contributed by atoms with van der Waals surface area (Å²) in [5.74, 6) is 1.59. The zero-order valence-corrected chi connectivity index (χ0v) is 8.66. The number of amides is 1. The van der Waals surface area contributed by atoms with E-state index in [0.29, 0.717) is 12.5 Å². The normalized spacial score (nSPS) is 19.8. The number of nitrogens with one attached hydrogen (secondary N) is 1. The molecule has 1 amide bonds. The Morgan fingerprint density at radius 2 is 2.33 bits per heavy atom. The molecule has 1 fully saturated rings. The molecule has 1 aliphatic carbocycles. The number of carbonyl (C=O) groups excluding carboxylic acids is 1. The SMILES string of the molecule is CN1CC(=O)Nc2cc(C3CC3)cnc21. The predicted molar refractivity (Wildman–Crippen MR) is 58.1 cm³/mol. The highest BCUT2D eigenvalue weighted by Gasteiger charge is 2.27. The Morgan fingerprint density at radius 1 is 1.53 bits per heavy atom. The van der Waals surface area contributed by atoms with Gasteiger partial charge in [0, 0.05) is 13.2 Å². The van der Waals surface area contributed by atoms with E-state index in [1.54, 1.807) is 0 Å². The molecule has 0 unspecified atom stereocenters. The van der Waals surface area contributed by atoms with Crippen molar-refractivity contribution >= 4 is 17.4 Å². The van der Waals surface area contributed by atoms with Crippen molar-refractivity contribution < 1.29 is 4.79 Å². The third kappa shape index (κ3) is 1.46. The number of hydrogen-bond donors (Lipinski definition) is 1. The van der Waals surface area contributed by atoms with E-state index in [2.05, 4.69) is 16.4 Å². The van der Waals surface area contributed by atoms with Crippen LogP contribution in [-0.2, 0) is 4.79 Å². The van der Waals surface area contributed by atoms with Crippen LogP contribution in [0.5, 0.6) is 0 Å². The number of hydrogen-bond acceptors (Lipinski definition) is 3. The lowest BCUT2D eigenvalue weighted by Crippen LogP contribution is -2.36. The Balaban J connectivity index is 2.02. The van der Waals surface area contributed by atoms with Crippen molar-refractivity contribution in [3.8, 4) is 0 Å². The predicted octanol–water partition coefficient (Wildman–Crippen LogP) is 1.35. The van der Waals surface area contributed by atoms with Crippen molar-refractivity contribution in [2.45, 2.75) is 18.8 Å². The second kappa shape index (κ2) is 2.95. The van der Waals surface area contributed by atoms with Crippen LogP contribution in [0.15, 0.2) is 12.3 Å². The average Bonchev–Trinajstić information content (AvgIpc) is 2.99. The van der Waals surface area contributed by atoms with E-state index in [1.807, 2.05) is 18.1 Å². The van der Waals surface area contributed by atoms with Crippen molar-refractivity contribution in [1.82, 2.24) is 4.98 Å². The van der Waals surface area contributed by atoms with Gasteiger partial charge in [0.25, 0.3) is 0 Å². The molecule has 4 nitrogen and oxygen atoms in total. The number of pyridine rings is 1. The minimum atomic E-state index is 0.0414. The number of carbonyl (C=O) groups is 1. The van der Waals surface area contributed by atoms with Crippen molar-refractivity contribution in [3.63, 3.8) is 0 Å². The molecule has 0 atom stereocenters. The molecular weight excluding hydrogens is 190 g/mol. The first kappa shape index (κ1) is 8.71. The average molecular weight is 203 g/mol. The summed E-state index contributed by atoms with van der Waals surface area (Å²) in [7, 11) is 1.89. The summed E-state index contributed by atoms with van der Waals surface area (Å²) in [6.07, 6.45) is 4.44. The molecule has 0 saturated heterocycles. The molecule has 1 saturated carbocycles. The van der Waals surface area contributed by atoms with Gasteiger partial charge in [-0.2, -0.15) is 0 Å². The fourth-order valence-electron chi connectivity index (χ4n) is 1.99. The fourth-order valence-corrected chi connectivity index (χ4v) is 1.99. The van der Waals surface area contributed by atoms with E-state index >= 15 is 0 Å². The van der Waals surface area contributed by atoms with Crippen molar-refractivity contribution in [2.24, 2.45) is 0 Å². The topological polar surface area (TPSA) is 45.2 Å². The molecule has 0 bridgehead atoms. The van der Waals surface area contributed by atoms with Crippen molar-refractivity contribution in [3.05, 3.63) is 17.8 Å². The van der Waals surface area contributed by atoms with Crippen LogP contribution in [0.4, 0.5) is 11.5 Å². The number of anilines is 2. The first-order valence-corrected chi connectivity index (χ1v) is 5.25. The minimum Gasteiger partial charge on any atom is -0.349 e. The van der Waals surface area contributed by atoms with Gasteiger partial charge in [-0.25, -0.2) is 4.98 Å². The molecule has 1 aromatic heterocycles. The maximum Gasteiger partial charge on any atom is 0.244 e. The number of nitrogens with zero attached hydrogens (tertiary/aromatic N) is 2. The van der Waals surface area contributed by atoms with Crippen LogP contribution in [0.2, 0.25) is 0 Å². The first-order chi connectivity index (χ1) is 7.24. The molecular formula is C11H13N3O. The summed E-state index contributed by atoms with van der Waals surface area (Å²) in [6, 6.07) is 2.06. The molecule has 78 valence electrons.